The van der Waals surface area contributed by atoms with Gasteiger partial charge in [0.05, 0.1) is 6.04 Å². The molecule has 0 aromatic carbocycles. The van der Waals surface area contributed by atoms with E-state index >= 15 is 0 Å². The summed E-state index contributed by atoms with van der Waals surface area (Å²) in [5.41, 5.74) is 6.50. The van der Waals surface area contributed by atoms with Gasteiger partial charge >= 0.3 is 0 Å². The van der Waals surface area contributed by atoms with Crippen molar-refractivity contribution in [3.05, 3.63) is 22.4 Å². The van der Waals surface area contributed by atoms with Crippen molar-refractivity contribution in [3.63, 3.8) is 0 Å². The van der Waals surface area contributed by atoms with Gasteiger partial charge < -0.3 is 10.6 Å². The maximum atomic E-state index is 6.41. The van der Waals surface area contributed by atoms with E-state index in [1.165, 1.54) is 4.88 Å². The van der Waals surface area contributed by atoms with Crippen LogP contribution in [-0.2, 0) is 0 Å². The van der Waals surface area contributed by atoms with Crippen molar-refractivity contribution < 1.29 is 0 Å². The van der Waals surface area contributed by atoms with Crippen LogP contribution in [0.15, 0.2) is 17.5 Å². The van der Waals surface area contributed by atoms with Crippen LogP contribution in [0, 0.1) is 0 Å². The molecule has 0 saturated heterocycles. The minimum Gasteiger partial charge on any atom is -0.322 e. The van der Waals surface area contributed by atoms with Crippen LogP contribution in [-0.4, -0.2) is 24.5 Å². The highest BCUT2D eigenvalue weighted by atomic mass is 32.1. The molecule has 0 amide bonds. The molecule has 86 valence electrons. The molecule has 0 radical (unpaired) electrons. The van der Waals surface area contributed by atoms with Crippen LogP contribution in [0.4, 0.5) is 0 Å². The molecule has 1 unspecified atom stereocenters. The molecule has 2 nitrogen and oxygen atoms in total. The van der Waals surface area contributed by atoms with Gasteiger partial charge in [0.25, 0.3) is 0 Å². The first-order valence-corrected chi connectivity index (χ1v) is 6.42. The Kier molecular flexibility index (Phi) is 4.32. The zero-order chi connectivity index (χ0) is 11.5. The highest BCUT2D eigenvalue weighted by Crippen LogP contribution is 2.35. The van der Waals surface area contributed by atoms with Crippen LogP contribution >= 0.6 is 11.3 Å². The lowest BCUT2D eigenvalue weighted by Crippen LogP contribution is -2.51. The van der Waals surface area contributed by atoms with Crippen molar-refractivity contribution in [2.45, 2.75) is 38.3 Å². The van der Waals surface area contributed by atoms with Crippen LogP contribution in [0.1, 0.15) is 37.6 Å². The molecule has 0 aliphatic heterocycles. The minimum atomic E-state index is 0.0881. The molecule has 0 fully saturated rings. The average molecular weight is 226 g/mol. The standard InChI is InChI=1S/C12H22N2S/c1-5-12(6-2,14(3)4)11(13)10-8-7-9-15-10/h7-9,11H,5-6,13H2,1-4H3. The molecule has 1 rings (SSSR count). The first-order valence-electron chi connectivity index (χ1n) is 5.55. The van der Waals surface area contributed by atoms with Crippen molar-refractivity contribution in [2.24, 2.45) is 5.73 Å². The second-order valence-corrected chi connectivity index (χ2v) is 5.18. The number of hydrogen-bond donors (Lipinski definition) is 1. The number of thiophene rings is 1. The molecular formula is C12H22N2S. The van der Waals surface area contributed by atoms with E-state index in [1.54, 1.807) is 11.3 Å². The zero-order valence-electron chi connectivity index (χ0n) is 10.2. The number of nitrogens with zero attached hydrogens (tertiary/aromatic N) is 1. The van der Waals surface area contributed by atoms with Crippen LogP contribution < -0.4 is 5.73 Å². The highest BCUT2D eigenvalue weighted by molar-refractivity contribution is 7.10. The third kappa shape index (κ3) is 2.25. The van der Waals surface area contributed by atoms with Crippen LogP contribution in [0.5, 0.6) is 0 Å². The molecule has 1 aromatic rings. The number of hydrogen-bond acceptors (Lipinski definition) is 3. The van der Waals surface area contributed by atoms with E-state index in [2.05, 4.69) is 50.4 Å². The van der Waals surface area contributed by atoms with E-state index in [0.29, 0.717) is 0 Å². The monoisotopic (exact) mass is 226 g/mol. The van der Waals surface area contributed by atoms with Crippen LogP contribution in [0.2, 0.25) is 0 Å². The van der Waals surface area contributed by atoms with Crippen molar-refractivity contribution in [1.82, 2.24) is 4.90 Å². The highest BCUT2D eigenvalue weighted by Gasteiger charge is 2.36. The molecule has 0 aliphatic rings. The van der Waals surface area contributed by atoms with Crippen LogP contribution in [0.3, 0.4) is 0 Å². The van der Waals surface area contributed by atoms with Gasteiger partial charge in [0.2, 0.25) is 0 Å². The van der Waals surface area contributed by atoms with Crippen LogP contribution in [0.25, 0.3) is 0 Å². The lowest BCUT2D eigenvalue weighted by Gasteiger charge is -2.43. The lowest BCUT2D eigenvalue weighted by molar-refractivity contribution is 0.107. The fourth-order valence-corrected chi connectivity index (χ4v) is 3.17. The van der Waals surface area contributed by atoms with Gasteiger partial charge in [0, 0.05) is 10.4 Å². The molecule has 1 atom stereocenters. The molecule has 0 saturated carbocycles. The summed E-state index contributed by atoms with van der Waals surface area (Å²) in [7, 11) is 4.25. The normalized spacial score (nSPS) is 14.5. The first-order chi connectivity index (χ1) is 7.08. The quantitative estimate of drug-likeness (QED) is 0.836. The van der Waals surface area contributed by atoms with Gasteiger partial charge in [-0.25, -0.2) is 0 Å². The second kappa shape index (κ2) is 5.10. The van der Waals surface area contributed by atoms with Gasteiger partial charge in [-0.2, -0.15) is 0 Å². The molecule has 15 heavy (non-hydrogen) atoms. The third-order valence-electron chi connectivity index (χ3n) is 3.54. The predicted molar refractivity (Wildman–Crippen MR) is 68.2 cm³/mol. The van der Waals surface area contributed by atoms with Crippen molar-refractivity contribution in [1.29, 1.82) is 0 Å². The Morgan fingerprint density at radius 1 is 1.40 bits per heavy atom. The predicted octanol–water partition coefficient (Wildman–Crippen LogP) is 2.87. The number of nitrogens with two attached hydrogens (primary N) is 1. The Bertz CT molecular complexity index is 276. The topological polar surface area (TPSA) is 29.3 Å². The van der Waals surface area contributed by atoms with Crippen molar-refractivity contribution in [2.75, 3.05) is 14.1 Å². The Labute approximate surface area is 97.1 Å². The average Bonchev–Trinajstić information content (AvgIpc) is 2.72. The summed E-state index contributed by atoms with van der Waals surface area (Å²) in [6.07, 6.45) is 2.16. The number of rotatable bonds is 5. The summed E-state index contributed by atoms with van der Waals surface area (Å²) >= 11 is 1.75. The van der Waals surface area contributed by atoms with Gasteiger partial charge in [-0.3, -0.25) is 0 Å². The minimum absolute atomic E-state index is 0.0881. The zero-order valence-corrected chi connectivity index (χ0v) is 11.0. The third-order valence-corrected chi connectivity index (χ3v) is 4.50. The smallest absolute Gasteiger partial charge is 0.0576 e. The molecular weight excluding hydrogens is 204 g/mol. The van der Waals surface area contributed by atoms with E-state index in [9.17, 15) is 0 Å². The van der Waals surface area contributed by atoms with Crippen molar-refractivity contribution in [3.8, 4) is 0 Å². The van der Waals surface area contributed by atoms with E-state index < -0.39 is 0 Å². The summed E-state index contributed by atoms with van der Waals surface area (Å²) in [4.78, 5) is 3.56. The first kappa shape index (κ1) is 12.7. The van der Waals surface area contributed by atoms with Gasteiger partial charge in [-0.15, -0.1) is 11.3 Å². The number of likely N-dealkylation sites (N-methyl/N-ethyl adjacent to an activating group) is 1. The van der Waals surface area contributed by atoms with Gasteiger partial charge in [0.15, 0.2) is 0 Å². The molecule has 0 bridgehead atoms. The summed E-state index contributed by atoms with van der Waals surface area (Å²) in [5, 5.41) is 2.10. The summed E-state index contributed by atoms with van der Waals surface area (Å²) < 4.78 is 0. The SMILES string of the molecule is CCC(CC)(C(N)c1cccs1)N(C)C. The Balaban J connectivity index is 2.99. The largest absolute Gasteiger partial charge is 0.322 e. The molecule has 2 N–H and O–H groups in total. The molecule has 3 heteroatoms. The molecule has 1 heterocycles. The van der Waals surface area contributed by atoms with Gasteiger partial charge in [-0.05, 0) is 38.4 Å². The summed E-state index contributed by atoms with van der Waals surface area (Å²) in [6.45, 7) is 4.44. The second-order valence-electron chi connectivity index (χ2n) is 4.20. The van der Waals surface area contributed by atoms with E-state index in [1.807, 2.05) is 0 Å². The Morgan fingerprint density at radius 3 is 2.33 bits per heavy atom. The van der Waals surface area contributed by atoms with Crippen molar-refractivity contribution >= 4 is 11.3 Å². The Morgan fingerprint density at radius 2 is 2.00 bits per heavy atom. The molecule has 0 spiro atoms. The van der Waals surface area contributed by atoms with Gasteiger partial charge in [-0.1, -0.05) is 19.9 Å². The lowest BCUT2D eigenvalue weighted by atomic mass is 9.83. The van der Waals surface area contributed by atoms with E-state index in [-0.39, 0.29) is 11.6 Å². The maximum absolute atomic E-state index is 6.41. The fraction of sp³-hybridized carbons (Fsp3) is 0.667. The summed E-state index contributed by atoms with van der Waals surface area (Å²) in [6, 6.07) is 4.33. The van der Waals surface area contributed by atoms with Gasteiger partial charge in [0.1, 0.15) is 0 Å². The molecule has 1 aromatic heterocycles. The molecule has 0 aliphatic carbocycles. The van der Waals surface area contributed by atoms with E-state index in [0.717, 1.165) is 12.8 Å². The maximum Gasteiger partial charge on any atom is 0.0576 e. The van der Waals surface area contributed by atoms with E-state index in [4.69, 9.17) is 5.73 Å². The fourth-order valence-electron chi connectivity index (χ4n) is 2.33. The Hall–Kier alpha value is -0.380. The summed E-state index contributed by atoms with van der Waals surface area (Å²) in [5.74, 6) is 0.